The van der Waals surface area contributed by atoms with Crippen molar-refractivity contribution < 1.29 is 4.42 Å². The molecule has 0 unspecified atom stereocenters. The maximum Gasteiger partial charge on any atom is 0.118 e. The van der Waals surface area contributed by atoms with Crippen LogP contribution in [0.25, 0.3) is 0 Å². The van der Waals surface area contributed by atoms with E-state index >= 15 is 0 Å². The van der Waals surface area contributed by atoms with Crippen molar-refractivity contribution in [3.63, 3.8) is 0 Å². The molecule has 0 saturated heterocycles. The summed E-state index contributed by atoms with van der Waals surface area (Å²) in [7, 11) is 0. The maximum atomic E-state index is 5.91. The quantitative estimate of drug-likeness (QED) is 0.913. The third kappa shape index (κ3) is 3.74. The summed E-state index contributed by atoms with van der Waals surface area (Å²) < 4.78 is 5.91. The fourth-order valence-corrected chi connectivity index (χ4v) is 2.97. The topological polar surface area (TPSA) is 28.4 Å². The minimum absolute atomic E-state index is 0.819. The highest BCUT2D eigenvalue weighted by molar-refractivity contribution is 5.28. The fraction of sp³-hybridized carbons (Fsp3) is 0.444. The predicted molar refractivity (Wildman–Crippen MR) is 85.0 cm³/mol. The van der Waals surface area contributed by atoms with E-state index in [2.05, 4.69) is 53.5 Å². The number of furan rings is 1. The first-order valence-corrected chi connectivity index (χ1v) is 7.92. The number of benzene rings is 1. The molecular weight excluding hydrogens is 260 g/mol. The van der Waals surface area contributed by atoms with Crippen molar-refractivity contribution >= 4 is 0 Å². The molecule has 0 amide bonds. The number of nitrogens with one attached hydrogen (secondary N) is 1. The lowest BCUT2D eigenvalue weighted by molar-refractivity contribution is 0.236. The average molecular weight is 284 g/mol. The van der Waals surface area contributed by atoms with Crippen LogP contribution in [-0.2, 0) is 26.1 Å². The number of hydrogen-bond acceptors (Lipinski definition) is 3. The summed E-state index contributed by atoms with van der Waals surface area (Å²) >= 11 is 0. The van der Waals surface area contributed by atoms with E-state index in [1.807, 2.05) is 0 Å². The molecule has 2 heterocycles. The molecule has 3 nitrogen and oxygen atoms in total. The van der Waals surface area contributed by atoms with Gasteiger partial charge in [0.05, 0.1) is 13.1 Å². The number of rotatable bonds is 5. The smallest absolute Gasteiger partial charge is 0.118 e. The van der Waals surface area contributed by atoms with Gasteiger partial charge in [-0.05, 0) is 49.2 Å². The van der Waals surface area contributed by atoms with Crippen LogP contribution >= 0.6 is 0 Å². The SMILES string of the molecule is CCNCc1ccc(CN2CCCc3ccccc3C2)o1. The zero-order chi connectivity index (χ0) is 14.5. The molecule has 0 fully saturated rings. The molecular formula is C18H24N2O. The standard InChI is InChI=1S/C18H24N2O/c1-2-19-12-17-9-10-18(21-17)14-20-11-5-8-15-6-3-4-7-16(15)13-20/h3-4,6-7,9-10,19H,2,5,8,11-14H2,1H3. The van der Waals surface area contributed by atoms with Gasteiger partial charge in [0.1, 0.15) is 11.5 Å². The lowest BCUT2D eigenvalue weighted by Gasteiger charge is -2.19. The van der Waals surface area contributed by atoms with Crippen LogP contribution in [-0.4, -0.2) is 18.0 Å². The second kappa shape index (κ2) is 6.92. The van der Waals surface area contributed by atoms with E-state index in [1.54, 1.807) is 0 Å². The Hall–Kier alpha value is -1.58. The van der Waals surface area contributed by atoms with Gasteiger partial charge in [0, 0.05) is 6.54 Å². The number of fused-ring (bicyclic) bond motifs is 1. The van der Waals surface area contributed by atoms with Crippen LogP contribution in [0.4, 0.5) is 0 Å². The van der Waals surface area contributed by atoms with Crippen molar-refractivity contribution in [3.8, 4) is 0 Å². The summed E-state index contributed by atoms with van der Waals surface area (Å²) in [6, 6.07) is 13.0. The molecule has 2 aromatic rings. The number of hydrogen-bond donors (Lipinski definition) is 1. The maximum absolute atomic E-state index is 5.91. The molecule has 0 aliphatic carbocycles. The Morgan fingerprint density at radius 3 is 2.76 bits per heavy atom. The van der Waals surface area contributed by atoms with Crippen LogP contribution in [0.2, 0.25) is 0 Å². The van der Waals surface area contributed by atoms with Gasteiger partial charge in [0.15, 0.2) is 0 Å². The minimum atomic E-state index is 0.819. The molecule has 3 rings (SSSR count). The van der Waals surface area contributed by atoms with Crippen LogP contribution < -0.4 is 5.32 Å². The van der Waals surface area contributed by atoms with Gasteiger partial charge < -0.3 is 9.73 Å². The minimum Gasteiger partial charge on any atom is -0.463 e. The molecule has 21 heavy (non-hydrogen) atoms. The van der Waals surface area contributed by atoms with E-state index in [9.17, 15) is 0 Å². The first-order valence-electron chi connectivity index (χ1n) is 7.92. The Morgan fingerprint density at radius 2 is 1.90 bits per heavy atom. The monoisotopic (exact) mass is 284 g/mol. The normalized spacial score (nSPS) is 15.7. The summed E-state index contributed by atoms with van der Waals surface area (Å²) in [5.41, 5.74) is 2.97. The summed E-state index contributed by atoms with van der Waals surface area (Å²) in [5.74, 6) is 2.10. The summed E-state index contributed by atoms with van der Waals surface area (Å²) in [5, 5.41) is 3.30. The third-order valence-electron chi connectivity index (χ3n) is 4.08. The zero-order valence-electron chi connectivity index (χ0n) is 12.8. The van der Waals surface area contributed by atoms with E-state index in [0.29, 0.717) is 0 Å². The van der Waals surface area contributed by atoms with Crippen LogP contribution in [0.5, 0.6) is 0 Å². The molecule has 1 aromatic heterocycles. The van der Waals surface area contributed by atoms with Crippen LogP contribution in [0.15, 0.2) is 40.8 Å². The van der Waals surface area contributed by atoms with Gasteiger partial charge >= 0.3 is 0 Å². The van der Waals surface area contributed by atoms with Crippen LogP contribution in [0.3, 0.4) is 0 Å². The van der Waals surface area contributed by atoms with E-state index < -0.39 is 0 Å². The van der Waals surface area contributed by atoms with Gasteiger partial charge in [-0.1, -0.05) is 31.2 Å². The van der Waals surface area contributed by atoms with E-state index in [-0.39, 0.29) is 0 Å². The van der Waals surface area contributed by atoms with Crippen LogP contribution in [0, 0.1) is 0 Å². The van der Waals surface area contributed by atoms with Gasteiger partial charge in [-0.3, -0.25) is 4.90 Å². The summed E-state index contributed by atoms with van der Waals surface area (Å²) in [4.78, 5) is 2.49. The Labute approximate surface area is 127 Å². The lowest BCUT2D eigenvalue weighted by Crippen LogP contribution is -2.22. The molecule has 0 atom stereocenters. The van der Waals surface area contributed by atoms with Gasteiger partial charge in [-0.2, -0.15) is 0 Å². The van der Waals surface area contributed by atoms with Gasteiger partial charge in [-0.15, -0.1) is 0 Å². The molecule has 1 aromatic carbocycles. The molecule has 1 aliphatic heterocycles. The second-order valence-corrected chi connectivity index (χ2v) is 5.73. The molecule has 0 bridgehead atoms. The van der Waals surface area contributed by atoms with Crippen molar-refractivity contribution in [1.82, 2.24) is 10.2 Å². The highest BCUT2D eigenvalue weighted by atomic mass is 16.3. The van der Waals surface area contributed by atoms with Crippen LogP contribution in [0.1, 0.15) is 36.0 Å². The van der Waals surface area contributed by atoms with Crippen molar-refractivity contribution in [2.45, 2.75) is 39.4 Å². The van der Waals surface area contributed by atoms with Crippen molar-refractivity contribution in [2.75, 3.05) is 13.1 Å². The van der Waals surface area contributed by atoms with Gasteiger partial charge in [-0.25, -0.2) is 0 Å². The molecule has 112 valence electrons. The lowest BCUT2D eigenvalue weighted by atomic mass is 10.0. The van der Waals surface area contributed by atoms with Crippen molar-refractivity contribution in [2.24, 2.45) is 0 Å². The zero-order valence-corrected chi connectivity index (χ0v) is 12.8. The van der Waals surface area contributed by atoms with Crippen molar-refractivity contribution in [1.29, 1.82) is 0 Å². The molecule has 0 radical (unpaired) electrons. The Morgan fingerprint density at radius 1 is 1.10 bits per heavy atom. The molecule has 1 N–H and O–H groups in total. The van der Waals surface area contributed by atoms with Crippen molar-refractivity contribution in [3.05, 3.63) is 59.0 Å². The first kappa shape index (κ1) is 14.4. The summed E-state index contributed by atoms with van der Waals surface area (Å²) in [6.45, 7) is 6.97. The molecule has 1 aliphatic rings. The predicted octanol–water partition coefficient (Wildman–Crippen LogP) is 3.34. The highest BCUT2D eigenvalue weighted by Crippen LogP contribution is 2.20. The first-order chi connectivity index (χ1) is 10.3. The van der Waals surface area contributed by atoms with E-state index in [1.165, 1.54) is 24.0 Å². The fourth-order valence-electron chi connectivity index (χ4n) is 2.97. The highest BCUT2D eigenvalue weighted by Gasteiger charge is 2.15. The largest absolute Gasteiger partial charge is 0.463 e. The van der Waals surface area contributed by atoms with Gasteiger partial charge in [0.2, 0.25) is 0 Å². The Balaban J connectivity index is 1.64. The summed E-state index contributed by atoms with van der Waals surface area (Å²) in [6.07, 6.45) is 2.42. The van der Waals surface area contributed by atoms with E-state index in [4.69, 9.17) is 4.42 Å². The Kier molecular flexibility index (Phi) is 4.73. The Bertz CT molecular complexity index is 576. The van der Waals surface area contributed by atoms with E-state index in [0.717, 1.165) is 44.2 Å². The third-order valence-corrected chi connectivity index (χ3v) is 4.08. The molecule has 0 spiro atoms. The number of nitrogens with zero attached hydrogens (tertiary/aromatic N) is 1. The number of aryl methyl sites for hydroxylation is 1. The molecule has 0 saturated carbocycles. The molecule has 3 heteroatoms. The van der Waals surface area contributed by atoms with Gasteiger partial charge in [0.25, 0.3) is 0 Å². The second-order valence-electron chi connectivity index (χ2n) is 5.73. The average Bonchev–Trinajstić information content (AvgIpc) is 2.83.